The molecule has 1 saturated heterocycles. The maximum absolute atomic E-state index is 13.1. The van der Waals surface area contributed by atoms with Crippen LogP contribution in [0.5, 0.6) is 0 Å². The minimum Gasteiger partial charge on any atom is -0.354 e. The first-order valence-electron chi connectivity index (χ1n) is 10.2. The summed E-state index contributed by atoms with van der Waals surface area (Å²) >= 11 is 5.25. The largest absolute Gasteiger partial charge is 0.416 e. The molecular formula is C22H23F6N3S. The van der Waals surface area contributed by atoms with Crippen molar-refractivity contribution >= 4 is 23.0 Å². The molecule has 2 aromatic carbocycles. The molecule has 0 radical (unpaired) electrons. The Labute approximate surface area is 187 Å². The Balaban J connectivity index is 1.79. The molecular weight excluding hydrogens is 452 g/mol. The smallest absolute Gasteiger partial charge is 0.354 e. The molecule has 10 heteroatoms. The Morgan fingerprint density at radius 3 is 1.97 bits per heavy atom. The van der Waals surface area contributed by atoms with Gasteiger partial charge in [0.05, 0.1) is 17.2 Å². The first-order valence-corrected chi connectivity index (χ1v) is 10.6. The van der Waals surface area contributed by atoms with E-state index in [1.54, 1.807) is 0 Å². The number of likely N-dealkylation sites (tertiary alicyclic amines) is 1. The molecule has 1 fully saturated rings. The fraction of sp³-hybridized carbons (Fsp3) is 0.409. The highest BCUT2D eigenvalue weighted by Gasteiger charge is 2.37. The van der Waals surface area contributed by atoms with E-state index in [0.717, 1.165) is 37.9 Å². The zero-order valence-electron chi connectivity index (χ0n) is 17.1. The lowest BCUT2D eigenvalue weighted by atomic mass is 10.0. The van der Waals surface area contributed by atoms with Crippen molar-refractivity contribution in [3.8, 4) is 0 Å². The number of benzene rings is 2. The molecule has 2 aromatic rings. The molecule has 1 atom stereocenters. The van der Waals surface area contributed by atoms with E-state index >= 15 is 0 Å². The molecule has 0 aromatic heterocycles. The number of hydrogen-bond acceptors (Lipinski definition) is 2. The van der Waals surface area contributed by atoms with Crippen molar-refractivity contribution in [2.45, 2.75) is 37.7 Å². The molecule has 174 valence electrons. The second-order valence-electron chi connectivity index (χ2n) is 7.72. The number of hydrogen-bond donors (Lipinski definition) is 2. The first-order chi connectivity index (χ1) is 15.0. The SMILES string of the molecule is FC(F)(F)c1cc(NC(=S)N[C@H](CN2CCCCC2)c2ccccc2)cc(C(F)(F)F)c1. The quantitative estimate of drug-likeness (QED) is 0.396. The van der Waals surface area contributed by atoms with Gasteiger partial charge in [0, 0.05) is 12.2 Å². The summed E-state index contributed by atoms with van der Waals surface area (Å²) in [7, 11) is 0. The molecule has 3 rings (SSSR count). The second-order valence-corrected chi connectivity index (χ2v) is 8.13. The molecule has 0 unspecified atom stereocenters. The van der Waals surface area contributed by atoms with Gasteiger partial charge < -0.3 is 15.5 Å². The topological polar surface area (TPSA) is 27.3 Å². The van der Waals surface area contributed by atoms with Crippen molar-refractivity contribution in [2.24, 2.45) is 0 Å². The van der Waals surface area contributed by atoms with E-state index in [1.807, 2.05) is 30.3 Å². The van der Waals surface area contributed by atoms with Crippen LogP contribution in [0, 0.1) is 0 Å². The normalized spacial score (nSPS) is 16.4. The van der Waals surface area contributed by atoms with Crippen molar-refractivity contribution in [1.82, 2.24) is 10.2 Å². The molecule has 0 spiro atoms. The van der Waals surface area contributed by atoms with Crippen LogP contribution < -0.4 is 10.6 Å². The van der Waals surface area contributed by atoms with E-state index in [2.05, 4.69) is 15.5 Å². The third kappa shape index (κ3) is 6.83. The number of nitrogens with one attached hydrogen (secondary N) is 2. The Kier molecular flexibility index (Phi) is 7.66. The molecule has 3 nitrogen and oxygen atoms in total. The van der Waals surface area contributed by atoms with Crippen molar-refractivity contribution in [1.29, 1.82) is 0 Å². The van der Waals surface area contributed by atoms with Crippen LogP contribution in [0.4, 0.5) is 32.0 Å². The van der Waals surface area contributed by atoms with Crippen LogP contribution >= 0.6 is 12.2 Å². The molecule has 32 heavy (non-hydrogen) atoms. The van der Waals surface area contributed by atoms with Crippen LogP contribution in [0.1, 0.15) is 42.0 Å². The van der Waals surface area contributed by atoms with E-state index in [9.17, 15) is 26.3 Å². The molecule has 1 heterocycles. The van der Waals surface area contributed by atoms with Crippen LogP contribution in [0.3, 0.4) is 0 Å². The molecule has 0 bridgehead atoms. The number of rotatable bonds is 5. The highest BCUT2D eigenvalue weighted by molar-refractivity contribution is 7.80. The summed E-state index contributed by atoms with van der Waals surface area (Å²) in [5, 5.41) is 5.52. The van der Waals surface area contributed by atoms with E-state index in [0.29, 0.717) is 18.7 Å². The summed E-state index contributed by atoms with van der Waals surface area (Å²) in [6.45, 7) is 2.46. The average molecular weight is 476 g/mol. The van der Waals surface area contributed by atoms with Gasteiger partial charge in [-0.1, -0.05) is 36.8 Å². The monoisotopic (exact) mass is 475 g/mol. The van der Waals surface area contributed by atoms with Gasteiger partial charge in [-0.2, -0.15) is 26.3 Å². The summed E-state index contributed by atoms with van der Waals surface area (Å²) in [5.41, 5.74) is -2.26. The Morgan fingerprint density at radius 2 is 1.44 bits per heavy atom. The summed E-state index contributed by atoms with van der Waals surface area (Å²) in [5.74, 6) is 0. The van der Waals surface area contributed by atoms with Gasteiger partial charge in [0.1, 0.15) is 0 Å². The number of alkyl halides is 6. The summed E-state index contributed by atoms with van der Waals surface area (Å²) in [6.07, 6.45) is -6.53. The minimum absolute atomic E-state index is 0.0525. The van der Waals surface area contributed by atoms with Crippen molar-refractivity contribution in [3.63, 3.8) is 0 Å². The van der Waals surface area contributed by atoms with Gasteiger partial charge in [-0.25, -0.2) is 0 Å². The lowest BCUT2D eigenvalue weighted by molar-refractivity contribution is -0.143. The van der Waals surface area contributed by atoms with Crippen LogP contribution in [0.15, 0.2) is 48.5 Å². The van der Waals surface area contributed by atoms with Crippen molar-refractivity contribution in [3.05, 3.63) is 65.2 Å². The zero-order valence-corrected chi connectivity index (χ0v) is 17.9. The summed E-state index contributed by atoms with van der Waals surface area (Å²) in [4.78, 5) is 2.27. The maximum Gasteiger partial charge on any atom is 0.416 e. The van der Waals surface area contributed by atoms with Gasteiger partial charge in [-0.05, 0) is 61.9 Å². The second kappa shape index (κ2) is 10.1. The zero-order chi connectivity index (χ0) is 23.4. The number of anilines is 1. The lowest BCUT2D eigenvalue weighted by Gasteiger charge is -2.31. The number of piperidine rings is 1. The predicted molar refractivity (Wildman–Crippen MR) is 115 cm³/mol. The third-order valence-electron chi connectivity index (χ3n) is 5.24. The molecule has 0 aliphatic carbocycles. The summed E-state index contributed by atoms with van der Waals surface area (Å²) in [6, 6.07) is 10.4. The van der Waals surface area contributed by atoms with Crippen molar-refractivity contribution in [2.75, 3.05) is 25.0 Å². The van der Waals surface area contributed by atoms with Gasteiger partial charge in [0.15, 0.2) is 5.11 Å². The van der Waals surface area contributed by atoms with Gasteiger partial charge in [-0.15, -0.1) is 0 Å². The predicted octanol–water partition coefficient (Wildman–Crippen LogP) is 6.24. The lowest BCUT2D eigenvalue weighted by Crippen LogP contribution is -2.41. The fourth-order valence-electron chi connectivity index (χ4n) is 3.67. The highest BCUT2D eigenvalue weighted by atomic mass is 32.1. The maximum atomic E-state index is 13.1. The Bertz CT molecular complexity index is 876. The van der Waals surface area contributed by atoms with Gasteiger partial charge >= 0.3 is 12.4 Å². The average Bonchev–Trinajstić information content (AvgIpc) is 2.73. The third-order valence-corrected chi connectivity index (χ3v) is 5.46. The van der Waals surface area contributed by atoms with Crippen LogP contribution in [0.2, 0.25) is 0 Å². The molecule has 0 saturated carbocycles. The van der Waals surface area contributed by atoms with E-state index in [1.165, 1.54) is 0 Å². The van der Waals surface area contributed by atoms with E-state index in [-0.39, 0.29) is 22.9 Å². The molecule has 2 N–H and O–H groups in total. The van der Waals surface area contributed by atoms with Crippen LogP contribution in [0.25, 0.3) is 0 Å². The Hall–Kier alpha value is -2.33. The molecule has 1 aliphatic rings. The fourth-order valence-corrected chi connectivity index (χ4v) is 3.93. The Morgan fingerprint density at radius 1 is 0.875 bits per heavy atom. The van der Waals surface area contributed by atoms with Gasteiger partial charge in [0.25, 0.3) is 0 Å². The summed E-state index contributed by atoms with van der Waals surface area (Å²) < 4.78 is 78.7. The molecule has 1 aliphatic heterocycles. The first kappa shape index (κ1) is 24.3. The van der Waals surface area contributed by atoms with Crippen LogP contribution in [-0.4, -0.2) is 29.6 Å². The van der Waals surface area contributed by atoms with Gasteiger partial charge in [0.2, 0.25) is 0 Å². The highest BCUT2D eigenvalue weighted by Crippen LogP contribution is 2.37. The molecule has 0 amide bonds. The standard InChI is InChI=1S/C22H23F6N3S/c23-21(24,25)16-11-17(22(26,27)28)13-18(12-16)29-20(32)30-19(15-7-3-1-4-8-15)14-31-9-5-2-6-10-31/h1,3-4,7-8,11-13,19H,2,5-6,9-10,14H2,(H2,29,30,32)/t19-/m1/s1. The number of thiocarbonyl (C=S) groups is 1. The number of halogens is 6. The number of nitrogens with zero attached hydrogens (tertiary/aromatic N) is 1. The van der Waals surface area contributed by atoms with Gasteiger partial charge in [-0.3, -0.25) is 0 Å². The minimum atomic E-state index is -4.92. The van der Waals surface area contributed by atoms with Crippen LogP contribution in [-0.2, 0) is 12.4 Å². The van der Waals surface area contributed by atoms with E-state index in [4.69, 9.17) is 12.2 Å². The van der Waals surface area contributed by atoms with E-state index < -0.39 is 23.5 Å². The van der Waals surface area contributed by atoms with Crippen molar-refractivity contribution < 1.29 is 26.3 Å².